The van der Waals surface area contributed by atoms with E-state index >= 15 is 0 Å². The normalized spacial score (nSPS) is 24.0. The van der Waals surface area contributed by atoms with Crippen LogP contribution < -0.4 is 5.73 Å². The van der Waals surface area contributed by atoms with E-state index in [2.05, 4.69) is 0 Å². The first-order valence-electron chi connectivity index (χ1n) is 4.26. The summed E-state index contributed by atoms with van der Waals surface area (Å²) in [7, 11) is 0. The van der Waals surface area contributed by atoms with Crippen molar-refractivity contribution in [2.45, 2.75) is 31.7 Å². The number of hydrogen-bond acceptors (Lipinski definition) is 2. The average Bonchev–Trinajstić information content (AvgIpc) is 2.06. The van der Waals surface area contributed by atoms with E-state index < -0.39 is 17.9 Å². The van der Waals surface area contributed by atoms with Gasteiger partial charge in [0.05, 0.1) is 6.04 Å². The lowest BCUT2D eigenvalue weighted by Gasteiger charge is -2.32. The van der Waals surface area contributed by atoms with Crippen LogP contribution in [0.1, 0.15) is 19.8 Å². The zero-order valence-corrected chi connectivity index (χ0v) is 7.22. The van der Waals surface area contributed by atoms with Crippen molar-refractivity contribution in [3.8, 4) is 0 Å². The molecule has 1 saturated heterocycles. The molecule has 0 spiro atoms. The van der Waals surface area contributed by atoms with E-state index in [0.717, 1.165) is 0 Å². The van der Waals surface area contributed by atoms with Gasteiger partial charge < -0.3 is 10.5 Å². The highest BCUT2D eigenvalue weighted by Crippen LogP contribution is 2.34. The van der Waals surface area contributed by atoms with Crippen LogP contribution in [0, 0.1) is 5.92 Å². The highest BCUT2D eigenvalue weighted by Gasteiger charge is 2.43. The standard InChI is InChI=1S/C8H15F2NO/c1-6(11)8(9,10)7-2-4-12-5-3-7/h6-7H,2-5,11H2,1H3. The van der Waals surface area contributed by atoms with E-state index in [4.69, 9.17) is 10.5 Å². The minimum atomic E-state index is -2.73. The molecule has 0 aromatic rings. The third-order valence-corrected chi connectivity index (χ3v) is 2.37. The molecule has 1 heterocycles. The Morgan fingerprint density at radius 2 is 1.92 bits per heavy atom. The number of rotatable bonds is 2. The van der Waals surface area contributed by atoms with E-state index in [0.29, 0.717) is 26.1 Å². The number of ether oxygens (including phenoxy) is 1. The molecule has 0 amide bonds. The molecule has 12 heavy (non-hydrogen) atoms. The second kappa shape index (κ2) is 3.66. The minimum Gasteiger partial charge on any atom is -0.381 e. The summed E-state index contributed by atoms with van der Waals surface area (Å²) in [6, 6.07) is -1.06. The maximum Gasteiger partial charge on any atom is 0.265 e. The zero-order valence-electron chi connectivity index (χ0n) is 7.22. The van der Waals surface area contributed by atoms with Crippen LogP contribution in [0.3, 0.4) is 0 Å². The number of nitrogens with two attached hydrogens (primary N) is 1. The van der Waals surface area contributed by atoms with Crippen molar-refractivity contribution in [2.24, 2.45) is 11.7 Å². The van der Waals surface area contributed by atoms with E-state index in [1.807, 2.05) is 0 Å². The van der Waals surface area contributed by atoms with Crippen LogP contribution in [-0.2, 0) is 4.74 Å². The third-order valence-electron chi connectivity index (χ3n) is 2.37. The molecular weight excluding hydrogens is 164 g/mol. The molecule has 1 fully saturated rings. The Kier molecular flexibility index (Phi) is 3.01. The van der Waals surface area contributed by atoms with Gasteiger partial charge in [-0.25, -0.2) is 8.78 Å². The molecule has 1 rings (SSSR count). The van der Waals surface area contributed by atoms with Gasteiger partial charge in [0.1, 0.15) is 0 Å². The summed E-state index contributed by atoms with van der Waals surface area (Å²) in [5.74, 6) is -3.32. The van der Waals surface area contributed by atoms with Crippen molar-refractivity contribution in [1.29, 1.82) is 0 Å². The summed E-state index contributed by atoms with van der Waals surface area (Å²) >= 11 is 0. The van der Waals surface area contributed by atoms with E-state index in [-0.39, 0.29) is 0 Å². The van der Waals surface area contributed by atoms with E-state index in [9.17, 15) is 8.78 Å². The van der Waals surface area contributed by atoms with Crippen LogP contribution in [0.4, 0.5) is 8.78 Å². The molecule has 2 N–H and O–H groups in total. The Hall–Kier alpha value is -0.220. The van der Waals surface area contributed by atoms with Gasteiger partial charge in [-0.15, -0.1) is 0 Å². The van der Waals surface area contributed by atoms with Gasteiger partial charge >= 0.3 is 0 Å². The second-order valence-corrected chi connectivity index (χ2v) is 3.35. The SMILES string of the molecule is CC(N)C(F)(F)C1CCOCC1. The molecule has 0 aliphatic carbocycles. The topological polar surface area (TPSA) is 35.2 Å². The van der Waals surface area contributed by atoms with E-state index in [1.54, 1.807) is 0 Å². The fourth-order valence-electron chi connectivity index (χ4n) is 1.45. The average molecular weight is 179 g/mol. The van der Waals surface area contributed by atoms with Crippen LogP contribution in [0.2, 0.25) is 0 Å². The molecule has 2 nitrogen and oxygen atoms in total. The Bertz CT molecular complexity index is 144. The van der Waals surface area contributed by atoms with Gasteiger partial charge in [0.15, 0.2) is 0 Å². The van der Waals surface area contributed by atoms with Gasteiger partial charge in [0, 0.05) is 19.1 Å². The lowest BCUT2D eigenvalue weighted by atomic mass is 9.89. The van der Waals surface area contributed by atoms with Gasteiger partial charge in [-0.05, 0) is 19.8 Å². The van der Waals surface area contributed by atoms with Gasteiger partial charge in [0.25, 0.3) is 5.92 Å². The lowest BCUT2D eigenvalue weighted by Crippen LogP contribution is -2.46. The monoisotopic (exact) mass is 179 g/mol. The van der Waals surface area contributed by atoms with Crippen molar-refractivity contribution in [3.05, 3.63) is 0 Å². The Labute approximate surface area is 71.1 Å². The molecule has 72 valence electrons. The number of alkyl halides is 2. The van der Waals surface area contributed by atoms with Gasteiger partial charge in [-0.2, -0.15) is 0 Å². The number of hydrogen-bond donors (Lipinski definition) is 1. The van der Waals surface area contributed by atoms with Gasteiger partial charge in [-0.3, -0.25) is 0 Å². The van der Waals surface area contributed by atoms with Crippen LogP contribution >= 0.6 is 0 Å². The summed E-state index contributed by atoms with van der Waals surface area (Å²) in [6.07, 6.45) is 0.850. The molecule has 1 atom stereocenters. The maximum absolute atomic E-state index is 13.3. The highest BCUT2D eigenvalue weighted by molar-refractivity contribution is 4.85. The number of halogens is 2. The first-order valence-corrected chi connectivity index (χ1v) is 4.26. The molecule has 0 aromatic heterocycles. The first-order chi connectivity index (χ1) is 5.55. The summed E-state index contributed by atoms with van der Waals surface area (Å²) in [4.78, 5) is 0. The molecule has 0 radical (unpaired) electrons. The third kappa shape index (κ3) is 1.93. The molecule has 0 aromatic carbocycles. The van der Waals surface area contributed by atoms with Crippen LogP contribution in [0.25, 0.3) is 0 Å². The van der Waals surface area contributed by atoms with Gasteiger partial charge in [-0.1, -0.05) is 0 Å². The van der Waals surface area contributed by atoms with Crippen molar-refractivity contribution in [2.75, 3.05) is 13.2 Å². The molecule has 1 unspecified atom stereocenters. The predicted octanol–water partition coefficient (Wildman–Crippen LogP) is 1.40. The fourth-order valence-corrected chi connectivity index (χ4v) is 1.45. The summed E-state index contributed by atoms with van der Waals surface area (Å²) < 4.78 is 31.5. The summed E-state index contributed by atoms with van der Waals surface area (Å²) in [5, 5.41) is 0. The summed E-state index contributed by atoms with van der Waals surface area (Å²) in [6.45, 7) is 2.23. The minimum absolute atomic E-state index is 0.425. The van der Waals surface area contributed by atoms with Crippen molar-refractivity contribution in [3.63, 3.8) is 0 Å². The second-order valence-electron chi connectivity index (χ2n) is 3.35. The Morgan fingerprint density at radius 1 is 1.42 bits per heavy atom. The van der Waals surface area contributed by atoms with Crippen LogP contribution in [0.15, 0.2) is 0 Å². The first kappa shape index (κ1) is 9.86. The van der Waals surface area contributed by atoms with Crippen molar-refractivity contribution in [1.82, 2.24) is 0 Å². The van der Waals surface area contributed by atoms with Gasteiger partial charge in [0.2, 0.25) is 0 Å². The van der Waals surface area contributed by atoms with E-state index in [1.165, 1.54) is 6.92 Å². The fraction of sp³-hybridized carbons (Fsp3) is 1.00. The Morgan fingerprint density at radius 3 is 2.33 bits per heavy atom. The van der Waals surface area contributed by atoms with Crippen LogP contribution in [-0.4, -0.2) is 25.2 Å². The Balaban J connectivity index is 2.53. The molecule has 1 aliphatic heterocycles. The molecule has 0 bridgehead atoms. The molecular formula is C8H15F2NO. The molecule has 4 heteroatoms. The van der Waals surface area contributed by atoms with Crippen LogP contribution in [0.5, 0.6) is 0 Å². The van der Waals surface area contributed by atoms with Crippen molar-refractivity contribution >= 4 is 0 Å². The molecule has 0 saturated carbocycles. The lowest BCUT2D eigenvalue weighted by molar-refractivity contribution is -0.109. The summed E-state index contributed by atoms with van der Waals surface area (Å²) in [5.41, 5.74) is 5.21. The molecule has 1 aliphatic rings. The largest absolute Gasteiger partial charge is 0.381 e. The maximum atomic E-state index is 13.3. The highest BCUT2D eigenvalue weighted by atomic mass is 19.3. The predicted molar refractivity (Wildman–Crippen MR) is 42.1 cm³/mol. The zero-order chi connectivity index (χ0) is 9.19. The smallest absolute Gasteiger partial charge is 0.265 e. The quantitative estimate of drug-likeness (QED) is 0.695. The van der Waals surface area contributed by atoms with Crippen molar-refractivity contribution < 1.29 is 13.5 Å².